The second-order valence-electron chi connectivity index (χ2n) is 5.06. The Kier molecular flexibility index (Phi) is 3.54. The highest BCUT2D eigenvalue weighted by Crippen LogP contribution is 2.27. The number of aliphatic hydroxyl groups excluding tert-OH is 2. The summed E-state index contributed by atoms with van der Waals surface area (Å²) in [7, 11) is 0. The zero-order chi connectivity index (χ0) is 14.1. The van der Waals surface area contributed by atoms with E-state index in [0.717, 1.165) is 13.0 Å². The monoisotopic (exact) mass is 278 g/mol. The maximum atomic E-state index is 10.0. The van der Waals surface area contributed by atoms with Crippen molar-refractivity contribution in [3.05, 3.63) is 12.2 Å². The molecule has 1 saturated heterocycles. The van der Waals surface area contributed by atoms with Crippen molar-refractivity contribution in [2.24, 2.45) is 5.92 Å². The topological polar surface area (TPSA) is 95.5 Å². The van der Waals surface area contributed by atoms with Crippen LogP contribution in [0, 0.1) is 5.92 Å². The maximum Gasteiger partial charge on any atom is 0.252 e. The van der Waals surface area contributed by atoms with Crippen molar-refractivity contribution in [3.8, 4) is 0 Å². The predicted molar refractivity (Wildman–Crippen MR) is 72.4 cm³/mol. The van der Waals surface area contributed by atoms with Gasteiger partial charge in [0.2, 0.25) is 0 Å². The molecule has 3 heterocycles. The van der Waals surface area contributed by atoms with Gasteiger partial charge in [-0.15, -0.1) is 0 Å². The summed E-state index contributed by atoms with van der Waals surface area (Å²) in [5.41, 5.74) is 1.12. The van der Waals surface area contributed by atoms with Gasteiger partial charge in [-0.2, -0.15) is 4.98 Å². The lowest BCUT2D eigenvalue weighted by Gasteiger charge is -2.35. The Hall–Kier alpha value is -1.73. The Morgan fingerprint density at radius 1 is 1.45 bits per heavy atom. The van der Waals surface area contributed by atoms with E-state index in [9.17, 15) is 10.2 Å². The number of oxazole rings is 1. The predicted octanol–water partition coefficient (Wildman–Crippen LogP) is 0.360. The summed E-state index contributed by atoms with van der Waals surface area (Å²) in [6.07, 6.45) is 2.32. The van der Waals surface area contributed by atoms with E-state index in [1.807, 2.05) is 11.8 Å². The van der Waals surface area contributed by atoms with Crippen molar-refractivity contribution in [1.82, 2.24) is 15.0 Å². The molecule has 3 rings (SSSR count). The van der Waals surface area contributed by atoms with Gasteiger partial charge in [-0.3, -0.25) is 0 Å². The van der Waals surface area contributed by atoms with E-state index < -0.39 is 6.10 Å². The van der Waals surface area contributed by atoms with Crippen molar-refractivity contribution in [1.29, 1.82) is 0 Å². The van der Waals surface area contributed by atoms with E-state index in [4.69, 9.17) is 4.42 Å². The Labute approximate surface area is 116 Å². The van der Waals surface area contributed by atoms with Crippen LogP contribution in [0.25, 0.3) is 11.2 Å². The highest BCUT2D eigenvalue weighted by atomic mass is 16.4. The summed E-state index contributed by atoms with van der Waals surface area (Å²) in [6.45, 7) is 3.14. The van der Waals surface area contributed by atoms with E-state index in [0.29, 0.717) is 35.9 Å². The van der Waals surface area contributed by atoms with Crippen LogP contribution >= 0.6 is 0 Å². The molecule has 1 aliphatic rings. The second kappa shape index (κ2) is 5.34. The molecule has 0 amide bonds. The molecule has 108 valence electrons. The molecule has 2 atom stereocenters. The van der Waals surface area contributed by atoms with Gasteiger partial charge in [0.1, 0.15) is 6.33 Å². The van der Waals surface area contributed by atoms with E-state index in [-0.39, 0.29) is 12.5 Å². The summed E-state index contributed by atoms with van der Waals surface area (Å²) in [6, 6.07) is 0. The highest BCUT2D eigenvalue weighted by Gasteiger charge is 2.29. The SMILES string of the molecule is CCc1nc2c(N3CC[C@@H](CO)[C@@H](O)C3)ncnc2o1. The normalized spacial score (nSPS) is 23.4. The van der Waals surface area contributed by atoms with Gasteiger partial charge in [-0.1, -0.05) is 6.92 Å². The zero-order valence-corrected chi connectivity index (χ0v) is 11.4. The molecule has 0 unspecified atom stereocenters. The molecule has 2 N–H and O–H groups in total. The standard InChI is InChI=1S/C13H18N4O3/c1-2-10-16-11-12(14-7-15-13(11)20-10)17-4-3-8(6-18)9(19)5-17/h7-9,18-19H,2-6H2,1H3/t8-,9-/m0/s1. The molecule has 2 aromatic rings. The van der Waals surface area contributed by atoms with Crippen molar-refractivity contribution in [3.63, 3.8) is 0 Å². The maximum absolute atomic E-state index is 10.0. The van der Waals surface area contributed by atoms with E-state index in [1.54, 1.807) is 0 Å². The summed E-state index contributed by atoms with van der Waals surface area (Å²) in [4.78, 5) is 14.7. The number of anilines is 1. The molecule has 0 radical (unpaired) electrons. The Bertz CT molecular complexity index is 600. The van der Waals surface area contributed by atoms with E-state index in [2.05, 4.69) is 15.0 Å². The van der Waals surface area contributed by atoms with Crippen LogP contribution in [0.15, 0.2) is 10.7 Å². The molecule has 7 nitrogen and oxygen atoms in total. The van der Waals surface area contributed by atoms with Crippen LogP contribution in [0.4, 0.5) is 5.82 Å². The Morgan fingerprint density at radius 3 is 3.00 bits per heavy atom. The fraction of sp³-hybridized carbons (Fsp3) is 0.615. The molecular formula is C13H18N4O3. The fourth-order valence-corrected chi connectivity index (χ4v) is 2.55. The van der Waals surface area contributed by atoms with Gasteiger partial charge in [0.05, 0.1) is 6.10 Å². The van der Waals surface area contributed by atoms with Gasteiger partial charge in [0.25, 0.3) is 5.71 Å². The van der Waals surface area contributed by atoms with Crippen LogP contribution in [0.3, 0.4) is 0 Å². The Balaban J connectivity index is 1.92. The lowest BCUT2D eigenvalue weighted by atomic mass is 9.95. The van der Waals surface area contributed by atoms with Crippen molar-refractivity contribution in [2.45, 2.75) is 25.9 Å². The van der Waals surface area contributed by atoms with Crippen molar-refractivity contribution in [2.75, 3.05) is 24.6 Å². The van der Waals surface area contributed by atoms with Gasteiger partial charge in [-0.25, -0.2) is 9.97 Å². The molecule has 0 spiro atoms. The van der Waals surface area contributed by atoms with Gasteiger partial charge < -0.3 is 19.5 Å². The number of rotatable bonds is 3. The number of aryl methyl sites for hydroxylation is 1. The molecule has 1 aliphatic heterocycles. The molecule has 1 fully saturated rings. The Morgan fingerprint density at radius 2 is 2.30 bits per heavy atom. The average Bonchev–Trinajstić information content (AvgIpc) is 2.90. The van der Waals surface area contributed by atoms with Crippen molar-refractivity contribution < 1.29 is 14.6 Å². The largest absolute Gasteiger partial charge is 0.422 e. The number of aromatic nitrogens is 3. The van der Waals surface area contributed by atoms with Crippen molar-refractivity contribution >= 4 is 17.0 Å². The first-order chi connectivity index (χ1) is 9.72. The van der Waals surface area contributed by atoms with E-state index >= 15 is 0 Å². The first-order valence-corrected chi connectivity index (χ1v) is 6.87. The van der Waals surface area contributed by atoms with E-state index in [1.165, 1.54) is 6.33 Å². The smallest absolute Gasteiger partial charge is 0.252 e. The van der Waals surface area contributed by atoms with Crippen LogP contribution in [-0.2, 0) is 6.42 Å². The molecule has 20 heavy (non-hydrogen) atoms. The first-order valence-electron chi connectivity index (χ1n) is 6.87. The molecule has 0 aliphatic carbocycles. The minimum atomic E-state index is -0.559. The third kappa shape index (κ3) is 2.23. The number of nitrogens with zero attached hydrogens (tertiary/aromatic N) is 4. The zero-order valence-electron chi connectivity index (χ0n) is 11.4. The lowest BCUT2D eigenvalue weighted by molar-refractivity contribution is 0.0546. The van der Waals surface area contributed by atoms with Crippen LogP contribution in [0.1, 0.15) is 19.2 Å². The lowest BCUT2D eigenvalue weighted by Crippen LogP contribution is -2.45. The van der Waals surface area contributed by atoms with Gasteiger partial charge >= 0.3 is 0 Å². The molecule has 0 aromatic carbocycles. The number of hydrogen-bond donors (Lipinski definition) is 2. The van der Waals surface area contributed by atoms with Crippen LogP contribution in [0.5, 0.6) is 0 Å². The minimum absolute atomic E-state index is 0.0120. The number of β-amino-alcohol motifs (C(OH)–C–C–N with tert-alkyl or cyclic N) is 1. The number of aliphatic hydroxyl groups is 2. The average molecular weight is 278 g/mol. The molecule has 0 saturated carbocycles. The summed E-state index contributed by atoms with van der Waals surface area (Å²) < 4.78 is 5.53. The van der Waals surface area contributed by atoms with Crippen LogP contribution < -0.4 is 4.90 Å². The van der Waals surface area contributed by atoms with Crippen LogP contribution in [-0.4, -0.2) is 51.0 Å². The fourth-order valence-electron chi connectivity index (χ4n) is 2.55. The van der Waals surface area contributed by atoms with Gasteiger partial charge in [-0.05, 0) is 6.42 Å². The summed E-state index contributed by atoms with van der Waals surface area (Å²) in [5, 5.41) is 19.2. The van der Waals surface area contributed by atoms with Gasteiger partial charge in [0, 0.05) is 32.0 Å². The molecule has 0 bridgehead atoms. The number of piperidine rings is 1. The third-order valence-corrected chi connectivity index (χ3v) is 3.78. The molecule has 7 heteroatoms. The quantitative estimate of drug-likeness (QED) is 0.836. The molecular weight excluding hydrogens is 260 g/mol. The third-order valence-electron chi connectivity index (χ3n) is 3.78. The summed E-state index contributed by atoms with van der Waals surface area (Å²) >= 11 is 0. The van der Waals surface area contributed by atoms with Gasteiger partial charge in [0.15, 0.2) is 17.2 Å². The van der Waals surface area contributed by atoms with Crippen LogP contribution in [0.2, 0.25) is 0 Å². The minimum Gasteiger partial charge on any atom is -0.422 e. The molecule has 2 aromatic heterocycles. The second-order valence-corrected chi connectivity index (χ2v) is 5.06. The number of hydrogen-bond acceptors (Lipinski definition) is 7. The summed E-state index contributed by atoms with van der Waals surface area (Å²) in [5.74, 6) is 1.26. The number of fused-ring (bicyclic) bond motifs is 1. The highest BCUT2D eigenvalue weighted by molar-refractivity contribution is 5.81. The first kappa shape index (κ1) is 13.3.